The lowest BCUT2D eigenvalue weighted by atomic mass is 10.0. The smallest absolute Gasteiger partial charge is 0.307 e. The van der Waals surface area contributed by atoms with E-state index in [1.54, 1.807) is 13.0 Å². The number of nitriles is 1. The quantitative estimate of drug-likeness (QED) is 0.854. The van der Waals surface area contributed by atoms with E-state index in [2.05, 4.69) is 11.0 Å². The molecule has 0 aliphatic heterocycles. The molecule has 2 atom stereocenters. The molecule has 102 valence electrons. The van der Waals surface area contributed by atoms with Gasteiger partial charge in [-0.1, -0.05) is 26.0 Å². The Bertz CT molecular complexity index is 479. The van der Waals surface area contributed by atoms with Gasteiger partial charge < -0.3 is 5.11 Å². The molecule has 1 N–H and O–H groups in total. The number of carboxylic acid groups (broad SMARTS) is 1. The van der Waals surface area contributed by atoms with Crippen molar-refractivity contribution in [3.8, 4) is 6.07 Å². The lowest BCUT2D eigenvalue weighted by Crippen LogP contribution is -2.33. The lowest BCUT2D eigenvalue weighted by Gasteiger charge is -2.29. The number of nitrogens with zero attached hydrogens (tertiary/aromatic N) is 2. The maximum Gasteiger partial charge on any atom is 0.307 e. The maximum atomic E-state index is 10.9. The van der Waals surface area contributed by atoms with Gasteiger partial charge in [-0.05, 0) is 31.2 Å². The van der Waals surface area contributed by atoms with Crippen molar-refractivity contribution < 1.29 is 9.90 Å². The summed E-state index contributed by atoms with van der Waals surface area (Å²) >= 11 is 0. The fourth-order valence-electron chi connectivity index (χ4n) is 2.07. The Morgan fingerprint density at radius 1 is 1.47 bits per heavy atom. The van der Waals surface area contributed by atoms with Crippen molar-refractivity contribution in [2.24, 2.45) is 5.92 Å². The second kappa shape index (κ2) is 6.91. The highest BCUT2D eigenvalue weighted by Crippen LogP contribution is 2.21. The molecule has 0 aliphatic rings. The first kappa shape index (κ1) is 15.2. The second-order valence-corrected chi connectivity index (χ2v) is 4.74. The van der Waals surface area contributed by atoms with Gasteiger partial charge in [0.15, 0.2) is 0 Å². The van der Waals surface area contributed by atoms with Crippen LogP contribution in [-0.2, 0) is 4.79 Å². The molecule has 0 aromatic heterocycles. The van der Waals surface area contributed by atoms with Gasteiger partial charge in [-0.15, -0.1) is 0 Å². The van der Waals surface area contributed by atoms with Gasteiger partial charge in [0.25, 0.3) is 0 Å². The third kappa shape index (κ3) is 4.08. The first-order chi connectivity index (χ1) is 8.99. The zero-order chi connectivity index (χ0) is 14.4. The Hall–Kier alpha value is -1.86. The van der Waals surface area contributed by atoms with Gasteiger partial charge in [0.05, 0.1) is 17.6 Å². The molecule has 0 saturated carbocycles. The van der Waals surface area contributed by atoms with Crippen LogP contribution in [0.15, 0.2) is 24.3 Å². The van der Waals surface area contributed by atoms with Crippen molar-refractivity contribution in [1.82, 2.24) is 4.90 Å². The average molecular weight is 260 g/mol. The summed E-state index contributed by atoms with van der Waals surface area (Å²) in [6, 6.07) is 9.68. The number of hydrogen-bond donors (Lipinski definition) is 1. The van der Waals surface area contributed by atoms with Crippen LogP contribution in [-0.4, -0.2) is 29.1 Å². The van der Waals surface area contributed by atoms with Gasteiger partial charge >= 0.3 is 5.97 Å². The van der Waals surface area contributed by atoms with Crippen LogP contribution in [0.4, 0.5) is 0 Å². The number of rotatable bonds is 6. The topological polar surface area (TPSA) is 64.3 Å². The van der Waals surface area contributed by atoms with Gasteiger partial charge in [0.2, 0.25) is 0 Å². The monoisotopic (exact) mass is 260 g/mol. The Morgan fingerprint density at radius 3 is 2.68 bits per heavy atom. The van der Waals surface area contributed by atoms with Crippen molar-refractivity contribution in [3.05, 3.63) is 35.4 Å². The van der Waals surface area contributed by atoms with Crippen LogP contribution in [0.3, 0.4) is 0 Å². The van der Waals surface area contributed by atoms with Crippen LogP contribution < -0.4 is 0 Å². The van der Waals surface area contributed by atoms with E-state index in [1.807, 2.05) is 32.0 Å². The molecule has 0 aliphatic carbocycles. The molecule has 0 heterocycles. The molecule has 4 nitrogen and oxygen atoms in total. The van der Waals surface area contributed by atoms with Gasteiger partial charge in [0.1, 0.15) is 0 Å². The molecular formula is C15H20N2O2. The van der Waals surface area contributed by atoms with E-state index in [1.165, 1.54) is 0 Å². The first-order valence-electron chi connectivity index (χ1n) is 6.46. The number of aliphatic carboxylic acids is 1. The minimum Gasteiger partial charge on any atom is -0.481 e. The van der Waals surface area contributed by atoms with Crippen LogP contribution in [0.2, 0.25) is 0 Å². The number of benzene rings is 1. The highest BCUT2D eigenvalue weighted by molar-refractivity contribution is 5.69. The number of carbonyl (C=O) groups is 1. The molecule has 0 radical (unpaired) electrons. The third-order valence-electron chi connectivity index (χ3n) is 3.38. The highest BCUT2D eigenvalue weighted by Gasteiger charge is 2.20. The van der Waals surface area contributed by atoms with Gasteiger partial charge in [-0.25, -0.2) is 0 Å². The normalized spacial score (nSPS) is 13.8. The molecule has 2 unspecified atom stereocenters. The van der Waals surface area contributed by atoms with Crippen molar-refractivity contribution in [2.75, 3.05) is 13.1 Å². The van der Waals surface area contributed by atoms with E-state index in [0.29, 0.717) is 12.1 Å². The van der Waals surface area contributed by atoms with E-state index >= 15 is 0 Å². The molecule has 1 aromatic rings. The summed E-state index contributed by atoms with van der Waals surface area (Å²) in [6.45, 7) is 7.04. The predicted molar refractivity (Wildman–Crippen MR) is 73.6 cm³/mol. The van der Waals surface area contributed by atoms with Crippen LogP contribution in [0.5, 0.6) is 0 Å². The fraction of sp³-hybridized carbons (Fsp3) is 0.467. The molecule has 1 aromatic carbocycles. The second-order valence-electron chi connectivity index (χ2n) is 4.74. The summed E-state index contributed by atoms with van der Waals surface area (Å²) in [7, 11) is 0. The molecule has 0 fully saturated rings. The molecule has 0 spiro atoms. The van der Waals surface area contributed by atoms with E-state index in [-0.39, 0.29) is 6.04 Å². The Morgan fingerprint density at radius 2 is 2.16 bits per heavy atom. The van der Waals surface area contributed by atoms with E-state index < -0.39 is 11.9 Å². The fourth-order valence-corrected chi connectivity index (χ4v) is 2.07. The van der Waals surface area contributed by atoms with Crippen molar-refractivity contribution in [3.63, 3.8) is 0 Å². The minimum absolute atomic E-state index is 0.0973. The third-order valence-corrected chi connectivity index (χ3v) is 3.38. The first-order valence-corrected chi connectivity index (χ1v) is 6.46. The van der Waals surface area contributed by atoms with Crippen LogP contribution in [0.1, 0.15) is 37.9 Å². The largest absolute Gasteiger partial charge is 0.481 e. The van der Waals surface area contributed by atoms with E-state index in [0.717, 1.165) is 12.1 Å². The minimum atomic E-state index is -0.781. The number of hydrogen-bond acceptors (Lipinski definition) is 3. The summed E-state index contributed by atoms with van der Waals surface area (Å²) in [6.07, 6.45) is 0. The molecule has 0 bridgehead atoms. The summed E-state index contributed by atoms with van der Waals surface area (Å²) in [4.78, 5) is 13.0. The molecule has 0 amide bonds. The van der Waals surface area contributed by atoms with Crippen molar-refractivity contribution in [1.29, 1.82) is 5.26 Å². The number of carboxylic acids is 1. The van der Waals surface area contributed by atoms with Gasteiger partial charge in [-0.2, -0.15) is 5.26 Å². The van der Waals surface area contributed by atoms with Crippen LogP contribution in [0, 0.1) is 17.2 Å². The van der Waals surface area contributed by atoms with Gasteiger partial charge in [-0.3, -0.25) is 9.69 Å². The maximum absolute atomic E-state index is 10.9. The summed E-state index contributed by atoms with van der Waals surface area (Å²) < 4.78 is 0. The standard InChI is InChI=1S/C15H20N2O2/c1-4-17(10-11(2)15(18)19)12(3)14-7-5-6-13(8-14)9-16/h5-8,11-12H,4,10H2,1-3H3,(H,18,19). The Balaban J connectivity index is 2.86. The van der Waals surface area contributed by atoms with Crippen molar-refractivity contribution in [2.45, 2.75) is 26.8 Å². The molecule has 4 heteroatoms. The van der Waals surface area contributed by atoms with E-state index in [9.17, 15) is 4.79 Å². The zero-order valence-electron chi connectivity index (χ0n) is 11.6. The Labute approximate surface area is 114 Å². The summed E-state index contributed by atoms with van der Waals surface area (Å²) in [5.74, 6) is -1.18. The summed E-state index contributed by atoms with van der Waals surface area (Å²) in [5.41, 5.74) is 1.67. The van der Waals surface area contributed by atoms with Crippen molar-refractivity contribution >= 4 is 5.97 Å². The average Bonchev–Trinajstić information content (AvgIpc) is 2.43. The SMILES string of the molecule is CCN(CC(C)C(=O)O)C(C)c1cccc(C#N)c1. The van der Waals surface area contributed by atoms with Crippen LogP contribution in [0.25, 0.3) is 0 Å². The molecule has 1 rings (SSSR count). The summed E-state index contributed by atoms with van der Waals surface area (Å²) in [5, 5.41) is 17.9. The Kier molecular flexibility index (Phi) is 5.53. The molecule has 0 saturated heterocycles. The predicted octanol–water partition coefficient (Wildman–Crippen LogP) is 2.66. The van der Waals surface area contributed by atoms with E-state index in [4.69, 9.17) is 10.4 Å². The van der Waals surface area contributed by atoms with Crippen LogP contribution >= 0.6 is 0 Å². The lowest BCUT2D eigenvalue weighted by molar-refractivity contribution is -0.141. The van der Waals surface area contributed by atoms with Gasteiger partial charge in [0, 0.05) is 12.6 Å². The zero-order valence-corrected chi connectivity index (χ0v) is 11.6. The molecule has 19 heavy (non-hydrogen) atoms. The highest BCUT2D eigenvalue weighted by atomic mass is 16.4. The molecular weight excluding hydrogens is 240 g/mol.